The maximum absolute atomic E-state index is 11.8. The van der Waals surface area contributed by atoms with E-state index in [1.807, 2.05) is 18.2 Å². The molecule has 1 aliphatic rings. The molecule has 8 heteroatoms. The van der Waals surface area contributed by atoms with Gasteiger partial charge in [-0.2, -0.15) is 0 Å². The third-order valence-electron chi connectivity index (χ3n) is 7.72. The van der Waals surface area contributed by atoms with Gasteiger partial charge >= 0.3 is 0 Å². The van der Waals surface area contributed by atoms with Crippen LogP contribution in [0, 0.1) is 0 Å². The summed E-state index contributed by atoms with van der Waals surface area (Å²) < 4.78 is 22.9. The Labute approximate surface area is 230 Å². The van der Waals surface area contributed by atoms with Crippen molar-refractivity contribution < 1.29 is 39.4 Å². The van der Waals surface area contributed by atoms with Gasteiger partial charge in [-0.15, -0.1) is 0 Å². The van der Waals surface area contributed by atoms with Crippen LogP contribution in [0.4, 0.5) is 0 Å². The molecule has 1 aliphatic carbocycles. The molecule has 5 aromatic rings. The summed E-state index contributed by atoms with van der Waals surface area (Å²) in [4.78, 5) is 0. The molecule has 0 saturated heterocycles. The van der Waals surface area contributed by atoms with Crippen LogP contribution in [0.2, 0.25) is 0 Å². The van der Waals surface area contributed by atoms with E-state index in [-0.39, 0.29) is 34.5 Å². The topological polar surface area (TPSA) is 118 Å². The maximum Gasteiger partial charge on any atom is 0.204 e. The van der Waals surface area contributed by atoms with Crippen LogP contribution in [0.25, 0.3) is 43.8 Å². The average Bonchev–Trinajstić information content (AvgIpc) is 2.95. The zero-order valence-electron chi connectivity index (χ0n) is 22.5. The summed E-state index contributed by atoms with van der Waals surface area (Å²) in [5.74, 6) is 0.794. The molecule has 4 N–H and O–H groups in total. The molecule has 0 radical (unpaired) electrons. The molecular weight excluding hydrogens is 512 g/mol. The van der Waals surface area contributed by atoms with E-state index in [0.717, 1.165) is 27.5 Å². The molecule has 5 aromatic carbocycles. The van der Waals surface area contributed by atoms with Crippen molar-refractivity contribution in [2.24, 2.45) is 0 Å². The minimum absolute atomic E-state index is 0.106. The number of aromatic hydroxyl groups is 4. The first-order valence-electron chi connectivity index (χ1n) is 12.7. The lowest BCUT2D eigenvalue weighted by molar-refractivity contribution is 0.332. The monoisotopic (exact) mass is 540 g/mol. The van der Waals surface area contributed by atoms with E-state index in [1.165, 1.54) is 28.4 Å². The van der Waals surface area contributed by atoms with Gasteiger partial charge in [0.05, 0.1) is 28.4 Å². The number of ether oxygens (including phenoxy) is 4. The predicted molar refractivity (Wildman–Crippen MR) is 153 cm³/mol. The lowest BCUT2D eigenvalue weighted by Gasteiger charge is -2.28. The van der Waals surface area contributed by atoms with Gasteiger partial charge < -0.3 is 39.4 Å². The van der Waals surface area contributed by atoms with Crippen molar-refractivity contribution >= 4 is 21.5 Å². The minimum atomic E-state index is -0.203. The summed E-state index contributed by atoms with van der Waals surface area (Å²) in [6, 6.07) is 13.8. The Morgan fingerprint density at radius 2 is 1.15 bits per heavy atom. The van der Waals surface area contributed by atoms with E-state index < -0.39 is 0 Å². The van der Waals surface area contributed by atoms with Crippen molar-refractivity contribution in [3.05, 3.63) is 59.7 Å². The minimum Gasteiger partial charge on any atom is -0.508 e. The molecule has 6 rings (SSSR count). The van der Waals surface area contributed by atoms with Crippen LogP contribution in [-0.4, -0.2) is 48.9 Å². The van der Waals surface area contributed by atoms with E-state index in [1.54, 1.807) is 30.3 Å². The number of fused-ring (bicyclic) bond motifs is 6. The quantitative estimate of drug-likeness (QED) is 0.192. The molecule has 204 valence electrons. The molecule has 0 heterocycles. The number of rotatable bonds is 5. The Balaban J connectivity index is 1.84. The highest BCUT2D eigenvalue weighted by molar-refractivity contribution is 6.19. The van der Waals surface area contributed by atoms with Crippen LogP contribution in [0.1, 0.15) is 11.1 Å². The molecular formula is C32H28O8. The smallest absolute Gasteiger partial charge is 0.204 e. The average molecular weight is 541 g/mol. The van der Waals surface area contributed by atoms with E-state index in [0.29, 0.717) is 51.8 Å². The second-order valence-corrected chi connectivity index (χ2v) is 9.67. The first-order chi connectivity index (χ1) is 19.3. The standard InChI is InChI=1S/C32H28O8/c1-37-29-23-19-11-7-17(33)13-15(19)5-9-21(23)25(27(35)31(29)39-3)26-22-10-6-16-14-18(34)8-12-20(16)24(22)30(38-2)32(40-4)28(26)36/h5,7-9,11-14,33-36H,6,10H2,1-4H3. The largest absolute Gasteiger partial charge is 0.508 e. The first kappa shape index (κ1) is 25.3. The molecule has 0 atom stereocenters. The van der Waals surface area contributed by atoms with Crippen LogP contribution >= 0.6 is 0 Å². The second-order valence-electron chi connectivity index (χ2n) is 9.67. The number of methoxy groups -OCH3 is 4. The second kappa shape index (κ2) is 9.34. The number of aryl methyl sites for hydroxylation is 1. The molecule has 0 saturated carbocycles. The molecule has 0 aliphatic heterocycles. The van der Waals surface area contributed by atoms with Gasteiger partial charge in [0.1, 0.15) is 11.5 Å². The number of phenolic OH excluding ortho intramolecular Hbond substituents is 4. The lowest BCUT2D eigenvalue weighted by Crippen LogP contribution is -2.09. The summed E-state index contributed by atoms with van der Waals surface area (Å²) in [6.45, 7) is 0. The van der Waals surface area contributed by atoms with Crippen molar-refractivity contribution in [2.45, 2.75) is 12.8 Å². The lowest BCUT2D eigenvalue weighted by atomic mass is 9.79. The number of phenols is 4. The van der Waals surface area contributed by atoms with Gasteiger partial charge in [0.25, 0.3) is 0 Å². The summed E-state index contributed by atoms with van der Waals surface area (Å²) in [5, 5.41) is 46.5. The van der Waals surface area contributed by atoms with E-state index >= 15 is 0 Å². The molecule has 0 bridgehead atoms. The predicted octanol–water partition coefficient (Wildman–Crippen LogP) is 6.28. The molecule has 0 fully saturated rings. The molecule has 40 heavy (non-hydrogen) atoms. The maximum atomic E-state index is 11.8. The summed E-state index contributed by atoms with van der Waals surface area (Å²) in [5.41, 5.74) is 3.95. The van der Waals surface area contributed by atoms with Gasteiger partial charge in [-0.05, 0) is 76.0 Å². The summed E-state index contributed by atoms with van der Waals surface area (Å²) in [6.07, 6.45) is 1.08. The highest BCUT2D eigenvalue weighted by Gasteiger charge is 2.34. The van der Waals surface area contributed by atoms with Crippen LogP contribution in [0.3, 0.4) is 0 Å². The van der Waals surface area contributed by atoms with Crippen molar-refractivity contribution in [1.82, 2.24) is 0 Å². The Bertz CT molecular complexity index is 1840. The zero-order chi connectivity index (χ0) is 28.3. The van der Waals surface area contributed by atoms with Crippen molar-refractivity contribution in [2.75, 3.05) is 28.4 Å². The molecule has 0 unspecified atom stereocenters. The van der Waals surface area contributed by atoms with Crippen molar-refractivity contribution in [1.29, 1.82) is 0 Å². The summed E-state index contributed by atoms with van der Waals surface area (Å²) in [7, 11) is 5.90. The number of hydrogen-bond acceptors (Lipinski definition) is 8. The van der Waals surface area contributed by atoms with Gasteiger partial charge in [-0.1, -0.05) is 18.2 Å². The highest BCUT2D eigenvalue weighted by atomic mass is 16.5. The molecule has 0 amide bonds. The van der Waals surface area contributed by atoms with E-state index in [4.69, 9.17) is 18.9 Å². The van der Waals surface area contributed by atoms with Gasteiger partial charge in [0.15, 0.2) is 23.0 Å². The van der Waals surface area contributed by atoms with Crippen molar-refractivity contribution in [3.8, 4) is 68.2 Å². The zero-order valence-corrected chi connectivity index (χ0v) is 22.5. The fraction of sp³-hybridized carbons (Fsp3) is 0.188. The number of benzene rings is 5. The van der Waals surface area contributed by atoms with Crippen LogP contribution in [0.15, 0.2) is 48.5 Å². The SMILES string of the molecule is COc1c(O)c(-c2c(O)c(OC)c(OC)c3c2ccc2cc(O)ccc23)c2c(c1OC)-c1ccc(O)cc1CC2. The highest BCUT2D eigenvalue weighted by Crippen LogP contribution is 2.60. The fourth-order valence-electron chi connectivity index (χ4n) is 6.09. The molecule has 8 nitrogen and oxygen atoms in total. The fourth-order valence-corrected chi connectivity index (χ4v) is 6.09. The van der Waals surface area contributed by atoms with Gasteiger partial charge in [0, 0.05) is 22.1 Å². The first-order valence-corrected chi connectivity index (χ1v) is 12.7. The Morgan fingerprint density at radius 1 is 0.550 bits per heavy atom. The van der Waals surface area contributed by atoms with E-state index in [2.05, 4.69) is 0 Å². The van der Waals surface area contributed by atoms with Crippen molar-refractivity contribution in [3.63, 3.8) is 0 Å². The van der Waals surface area contributed by atoms with E-state index in [9.17, 15) is 20.4 Å². The Morgan fingerprint density at radius 3 is 1.85 bits per heavy atom. The Hall–Kier alpha value is -4.98. The van der Waals surface area contributed by atoms with Crippen LogP contribution in [-0.2, 0) is 12.8 Å². The van der Waals surface area contributed by atoms with Crippen LogP contribution in [0.5, 0.6) is 46.0 Å². The third kappa shape index (κ3) is 3.45. The van der Waals surface area contributed by atoms with Gasteiger partial charge in [-0.25, -0.2) is 0 Å². The van der Waals surface area contributed by atoms with Gasteiger partial charge in [0.2, 0.25) is 11.5 Å². The normalized spacial score (nSPS) is 12.2. The summed E-state index contributed by atoms with van der Waals surface area (Å²) >= 11 is 0. The third-order valence-corrected chi connectivity index (χ3v) is 7.72. The van der Waals surface area contributed by atoms with Gasteiger partial charge in [-0.3, -0.25) is 0 Å². The molecule has 0 aromatic heterocycles. The molecule has 0 spiro atoms. The number of hydrogen-bond donors (Lipinski definition) is 4. The Kier molecular flexibility index (Phi) is 5.91. The van der Waals surface area contributed by atoms with Crippen LogP contribution < -0.4 is 18.9 Å².